The monoisotopic (exact) mass is 233 g/mol. The predicted octanol–water partition coefficient (Wildman–Crippen LogP) is 2.36. The Morgan fingerprint density at radius 2 is 1.81 bits per heavy atom. The molecule has 2 aliphatic heterocycles. The molecule has 0 fully saturated rings. The number of ketones is 2. The fourth-order valence-electron chi connectivity index (χ4n) is 2.18. The van der Waals surface area contributed by atoms with Crippen LogP contribution in [-0.2, 0) is 0 Å². The molecule has 0 spiro atoms. The second kappa shape index (κ2) is 3.63. The molecule has 2 heterocycles. The van der Waals surface area contributed by atoms with Crippen molar-refractivity contribution < 1.29 is 9.59 Å². The summed E-state index contributed by atoms with van der Waals surface area (Å²) < 4.78 is 0. The Kier molecular flexibility index (Phi) is 2.24. The van der Waals surface area contributed by atoms with Crippen molar-refractivity contribution >= 4 is 29.0 Å². The Hall–Kier alpha value is -1.29. The van der Waals surface area contributed by atoms with Crippen LogP contribution >= 0.6 is 11.8 Å². The maximum atomic E-state index is 11.7. The van der Waals surface area contributed by atoms with Gasteiger partial charge in [-0.05, 0) is 12.1 Å². The quantitative estimate of drug-likeness (QED) is 0.747. The van der Waals surface area contributed by atoms with Gasteiger partial charge in [0.15, 0.2) is 11.6 Å². The minimum Gasteiger partial charge on any atom is -0.383 e. The summed E-state index contributed by atoms with van der Waals surface area (Å²) >= 11 is 1.67. The van der Waals surface area contributed by atoms with E-state index in [2.05, 4.69) is 5.32 Å². The molecule has 1 N–H and O–H groups in total. The average Bonchev–Trinajstić information content (AvgIpc) is 2.30. The van der Waals surface area contributed by atoms with Gasteiger partial charge in [0.1, 0.15) is 0 Å². The Labute approximate surface area is 97.6 Å². The summed E-state index contributed by atoms with van der Waals surface area (Å²) in [5.41, 5.74) is 2.40. The SMILES string of the molecule is O=C1CCNc2c1ccc1c2SCCC1=O. The van der Waals surface area contributed by atoms with Crippen LogP contribution in [0.4, 0.5) is 5.69 Å². The zero-order valence-electron chi connectivity index (χ0n) is 8.71. The van der Waals surface area contributed by atoms with Gasteiger partial charge in [-0.25, -0.2) is 0 Å². The van der Waals surface area contributed by atoms with Gasteiger partial charge >= 0.3 is 0 Å². The van der Waals surface area contributed by atoms with E-state index in [9.17, 15) is 9.59 Å². The summed E-state index contributed by atoms with van der Waals surface area (Å²) in [5, 5.41) is 3.25. The highest BCUT2D eigenvalue weighted by atomic mass is 32.2. The molecule has 1 aromatic rings. The number of carbonyl (C=O) groups excluding carboxylic acids is 2. The first-order valence-electron chi connectivity index (χ1n) is 5.37. The highest BCUT2D eigenvalue weighted by Gasteiger charge is 2.26. The van der Waals surface area contributed by atoms with Crippen molar-refractivity contribution in [3.05, 3.63) is 23.3 Å². The highest BCUT2D eigenvalue weighted by molar-refractivity contribution is 7.99. The minimum absolute atomic E-state index is 0.176. The van der Waals surface area contributed by atoms with Gasteiger partial charge in [0, 0.05) is 41.2 Å². The molecular weight excluding hydrogens is 222 g/mol. The summed E-state index contributed by atoms with van der Waals surface area (Å²) in [6, 6.07) is 3.58. The molecular formula is C12H11NO2S. The van der Waals surface area contributed by atoms with Gasteiger partial charge in [-0.2, -0.15) is 0 Å². The van der Waals surface area contributed by atoms with Crippen LogP contribution in [0.5, 0.6) is 0 Å². The summed E-state index contributed by atoms with van der Waals surface area (Å²) in [5.74, 6) is 1.18. The molecule has 0 bridgehead atoms. The van der Waals surface area contributed by atoms with Crippen molar-refractivity contribution in [1.82, 2.24) is 0 Å². The highest BCUT2D eigenvalue weighted by Crippen LogP contribution is 2.39. The van der Waals surface area contributed by atoms with Crippen LogP contribution in [-0.4, -0.2) is 23.9 Å². The van der Waals surface area contributed by atoms with Crippen molar-refractivity contribution in [2.24, 2.45) is 0 Å². The molecule has 3 nitrogen and oxygen atoms in total. The molecule has 16 heavy (non-hydrogen) atoms. The van der Waals surface area contributed by atoms with Gasteiger partial charge in [0.25, 0.3) is 0 Å². The topological polar surface area (TPSA) is 46.2 Å². The second-order valence-electron chi connectivity index (χ2n) is 3.99. The molecule has 0 radical (unpaired) electrons. The number of hydrogen-bond donors (Lipinski definition) is 1. The van der Waals surface area contributed by atoms with E-state index in [0.717, 1.165) is 27.5 Å². The Bertz CT molecular complexity index is 451. The molecule has 0 amide bonds. The third-order valence-electron chi connectivity index (χ3n) is 2.99. The Morgan fingerprint density at radius 3 is 2.69 bits per heavy atom. The van der Waals surface area contributed by atoms with Crippen molar-refractivity contribution in [3.8, 4) is 0 Å². The van der Waals surface area contributed by atoms with E-state index in [0.29, 0.717) is 19.4 Å². The van der Waals surface area contributed by atoms with E-state index >= 15 is 0 Å². The summed E-state index contributed by atoms with van der Waals surface area (Å²) in [6.07, 6.45) is 1.15. The Morgan fingerprint density at radius 1 is 1.06 bits per heavy atom. The lowest BCUT2D eigenvalue weighted by Crippen LogP contribution is -2.21. The van der Waals surface area contributed by atoms with Crippen LogP contribution in [0.1, 0.15) is 33.6 Å². The van der Waals surface area contributed by atoms with Gasteiger partial charge < -0.3 is 5.32 Å². The fourth-order valence-corrected chi connectivity index (χ4v) is 3.33. The number of benzene rings is 1. The number of thioether (sulfide) groups is 1. The van der Waals surface area contributed by atoms with E-state index in [4.69, 9.17) is 0 Å². The largest absolute Gasteiger partial charge is 0.383 e. The number of nitrogens with one attached hydrogen (secondary N) is 1. The maximum absolute atomic E-state index is 11.7. The average molecular weight is 233 g/mol. The van der Waals surface area contributed by atoms with E-state index in [-0.39, 0.29) is 11.6 Å². The predicted molar refractivity (Wildman–Crippen MR) is 63.6 cm³/mol. The normalized spacial score (nSPS) is 18.8. The van der Waals surface area contributed by atoms with Crippen molar-refractivity contribution in [2.45, 2.75) is 17.7 Å². The first-order chi connectivity index (χ1) is 7.77. The molecule has 0 saturated heterocycles. The van der Waals surface area contributed by atoms with Crippen LogP contribution < -0.4 is 5.32 Å². The van der Waals surface area contributed by atoms with E-state index in [1.807, 2.05) is 0 Å². The van der Waals surface area contributed by atoms with Gasteiger partial charge in [-0.15, -0.1) is 11.8 Å². The van der Waals surface area contributed by atoms with Crippen LogP contribution in [0.2, 0.25) is 0 Å². The number of hydrogen-bond acceptors (Lipinski definition) is 4. The summed E-state index contributed by atoms with van der Waals surface area (Å²) in [6.45, 7) is 0.678. The molecule has 1 aromatic carbocycles. The number of carbonyl (C=O) groups is 2. The fraction of sp³-hybridized carbons (Fsp3) is 0.333. The first-order valence-corrected chi connectivity index (χ1v) is 6.36. The summed E-state index contributed by atoms with van der Waals surface area (Å²) in [7, 11) is 0. The minimum atomic E-state index is 0.176. The number of Topliss-reactive ketones (excluding diaryl/α,β-unsaturated/α-hetero) is 2. The van der Waals surface area contributed by atoms with Gasteiger partial charge in [-0.3, -0.25) is 9.59 Å². The lowest BCUT2D eigenvalue weighted by Gasteiger charge is -2.24. The molecule has 0 aliphatic carbocycles. The molecule has 0 atom stereocenters. The standard InChI is InChI=1S/C12H11NO2S/c14-9-3-5-13-11-7(9)1-2-8-10(15)4-6-16-12(8)11/h1-2,13H,3-6H2. The van der Waals surface area contributed by atoms with Crippen LogP contribution in [0.3, 0.4) is 0 Å². The van der Waals surface area contributed by atoms with Crippen molar-refractivity contribution in [2.75, 3.05) is 17.6 Å². The zero-order valence-corrected chi connectivity index (χ0v) is 9.52. The lowest BCUT2D eigenvalue weighted by atomic mass is 9.97. The van der Waals surface area contributed by atoms with Gasteiger partial charge in [-0.1, -0.05) is 0 Å². The van der Waals surface area contributed by atoms with E-state index < -0.39 is 0 Å². The lowest BCUT2D eigenvalue weighted by molar-refractivity contribution is 0.0971. The Balaban J connectivity index is 2.21. The second-order valence-corrected chi connectivity index (χ2v) is 5.09. The molecule has 0 aromatic heterocycles. The smallest absolute Gasteiger partial charge is 0.166 e. The van der Waals surface area contributed by atoms with E-state index in [1.165, 1.54) is 0 Å². The molecule has 0 saturated carbocycles. The molecule has 4 heteroatoms. The van der Waals surface area contributed by atoms with Gasteiger partial charge in [0.05, 0.1) is 5.69 Å². The van der Waals surface area contributed by atoms with Crippen LogP contribution in [0.15, 0.2) is 17.0 Å². The summed E-state index contributed by atoms with van der Waals surface area (Å²) in [4.78, 5) is 24.4. The first kappa shape index (κ1) is 9.90. The van der Waals surface area contributed by atoms with Crippen LogP contribution in [0.25, 0.3) is 0 Å². The van der Waals surface area contributed by atoms with E-state index in [1.54, 1.807) is 23.9 Å². The molecule has 3 rings (SSSR count). The maximum Gasteiger partial charge on any atom is 0.166 e. The van der Waals surface area contributed by atoms with Crippen LogP contribution in [0, 0.1) is 0 Å². The third kappa shape index (κ3) is 1.37. The molecule has 2 aliphatic rings. The third-order valence-corrected chi connectivity index (χ3v) is 4.11. The molecule has 0 unspecified atom stereocenters. The van der Waals surface area contributed by atoms with Crippen molar-refractivity contribution in [3.63, 3.8) is 0 Å². The molecule has 82 valence electrons. The number of anilines is 1. The van der Waals surface area contributed by atoms with Gasteiger partial charge in [0.2, 0.25) is 0 Å². The van der Waals surface area contributed by atoms with Crippen molar-refractivity contribution in [1.29, 1.82) is 0 Å². The zero-order chi connectivity index (χ0) is 11.1. The number of fused-ring (bicyclic) bond motifs is 3. The number of rotatable bonds is 0.